The van der Waals surface area contributed by atoms with Crippen molar-refractivity contribution in [2.24, 2.45) is 0 Å². The fourth-order valence-electron chi connectivity index (χ4n) is 2.87. The van der Waals surface area contributed by atoms with Crippen molar-refractivity contribution in [1.82, 2.24) is 15.8 Å². The molecule has 0 radical (unpaired) electrons. The van der Waals surface area contributed by atoms with Crippen molar-refractivity contribution in [3.8, 4) is 0 Å². The summed E-state index contributed by atoms with van der Waals surface area (Å²) >= 11 is 12.1. The molecule has 3 N–H and O–H groups in total. The number of anilines is 1. The SMILES string of the molecule is O=C(C=Cc1cnc(NCCNC(=O)c2ccc(Cl)cc2)c(Cl)c1)NOC1CCCCO1. The maximum absolute atomic E-state index is 12.1. The van der Waals surface area contributed by atoms with Gasteiger partial charge in [0.2, 0.25) is 0 Å². The van der Waals surface area contributed by atoms with Crippen LogP contribution >= 0.6 is 23.2 Å². The summed E-state index contributed by atoms with van der Waals surface area (Å²) in [5, 5.41) is 6.82. The Hall–Kier alpha value is -2.65. The summed E-state index contributed by atoms with van der Waals surface area (Å²) < 4.78 is 5.38. The standard InChI is InChI=1S/C22H24Cl2N4O4/c23-17-7-5-16(6-8-17)22(30)26-11-10-25-21-18(24)13-15(14-27-21)4-9-19(29)28-32-20-3-1-2-12-31-20/h4-9,13-14,20H,1-3,10-12H2,(H,25,27)(H,26,30)(H,28,29). The Bertz CT molecular complexity index is 947. The molecule has 0 saturated carbocycles. The number of amides is 2. The van der Waals surface area contributed by atoms with Gasteiger partial charge in [0.25, 0.3) is 11.8 Å². The maximum Gasteiger partial charge on any atom is 0.267 e. The fourth-order valence-corrected chi connectivity index (χ4v) is 3.24. The molecule has 0 aliphatic carbocycles. The summed E-state index contributed by atoms with van der Waals surface area (Å²) in [5.41, 5.74) is 3.53. The number of aromatic nitrogens is 1. The molecule has 1 fully saturated rings. The average Bonchev–Trinajstić information content (AvgIpc) is 2.81. The number of nitrogens with one attached hydrogen (secondary N) is 3. The van der Waals surface area contributed by atoms with E-state index in [1.807, 2.05) is 0 Å². The Morgan fingerprint density at radius 2 is 2.00 bits per heavy atom. The van der Waals surface area contributed by atoms with E-state index in [4.69, 9.17) is 32.8 Å². The second kappa shape index (κ2) is 12.4. The molecular weight excluding hydrogens is 455 g/mol. The topological polar surface area (TPSA) is 102 Å². The van der Waals surface area contributed by atoms with E-state index >= 15 is 0 Å². The number of hydroxylamine groups is 1. The number of halogens is 2. The lowest BCUT2D eigenvalue weighted by Gasteiger charge is -2.21. The van der Waals surface area contributed by atoms with Crippen molar-refractivity contribution >= 4 is 46.9 Å². The van der Waals surface area contributed by atoms with Gasteiger partial charge >= 0.3 is 0 Å². The summed E-state index contributed by atoms with van der Waals surface area (Å²) in [6.07, 6.45) is 6.85. The predicted octanol–water partition coefficient (Wildman–Crippen LogP) is 3.82. The third kappa shape index (κ3) is 7.80. The van der Waals surface area contributed by atoms with Crippen molar-refractivity contribution in [2.45, 2.75) is 25.6 Å². The molecular formula is C22H24Cl2N4O4. The highest BCUT2D eigenvalue weighted by atomic mass is 35.5. The highest BCUT2D eigenvalue weighted by Gasteiger charge is 2.15. The minimum Gasteiger partial charge on any atom is -0.367 e. The first-order chi connectivity index (χ1) is 15.5. The zero-order valence-electron chi connectivity index (χ0n) is 17.3. The van der Waals surface area contributed by atoms with Gasteiger partial charge in [-0.3, -0.25) is 9.59 Å². The van der Waals surface area contributed by atoms with Crippen LogP contribution < -0.4 is 16.1 Å². The lowest BCUT2D eigenvalue weighted by atomic mass is 10.2. The van der Waals surface area contributed by atoms with Crippen molar-refractivity contribution in [3.05, 3.63) is 63.8 Å². The van der Waals surface area contributed by atoms with E-state index in [9.17, 15) is 9.59 Å². The second-order valence-corrected chi connectivity index (χ2v) is 7.85. The number of carbonyl (C=O) groups is 2. The number of benzene rings is 1. The first-order valence-electron chi connectivity index (χ1n) is 10.2. The monoisotopic (exact) mass is 478 g/mol. The third-order valence-corrected chi connectivity index (χ3v) is 5.07. The van der Waals surface area contributed by atoms with Crippen LogP contribution in [0.15, 0.2) is 42.6 Å². The van der Waals surface area contributed by atoms with Gasteiger partial charge < -0.3 is 15.4 Å². The van der Waals surface area contributed by atoms with E-state index in [0.717, 1.165) is 19.3 Å². The largest absolute Gasteiger partial charge is 0.367 e. The van der Waals surface area contributed by atoms with Crippen LogP contribution in [0.3, 0.4) is 0 Å². The minimum atomic E-state index is -0.408. The molecule has 3 rings (SSSR count). The second-order valence-electron chi connectivity index (χ2n) is 7.00. The summed E-state index contributed by atoms with van der Waals surface area (Å²) in [6, 6.07) is 8.32. The summed E-state index contributed by atoms with van der Waals surface area (Å²) in [5.74, 6) is -0.124. The smallest absolute Gasteiger partial charge is 0.267 e. The molecule has 2 aromatic rings. The third-order valence-electron chi connectivity index (χ3n) is 4.53. The lowest BCUT2D eigenvalue weighted by Crippen LogP contribution is -2.32. The van der Waals surface area contributed by atoms with E-state index in [1.165, 1.54) is 6.08 Å². The normalized spacial score (nSPS) is 16.0. The first kappa shape index (κ1) is 24.0. The Labute approximate surface area is 196 Å². The molecule has 1 unspecified atom stereocenters. The molecule has 1 aromatic carbocycles. The molecule has 2 heterocycles. The predicted molar refractivity (Wildman–Crippen MR) is 123 cm³/mol. The molecule has 32 heavy (non-hydrogen) atoms. The van der Waals surface area contributed by atoms with Crippen LogP contribution in [-0.2, 0) is 14.4 Å². The molecule has 8 nitrogen and oxygen atoms in total. The number of rotatable bonds is 9. The molecule has 0 spiro atoms. The van der Waals surface area contributed by atoms with Gasteiger partial charge in [0.15, 0.2) is 6.29 Å². The van der Waals surface area contributed by atoms with Crippen LogP contribution in [-0.4, -0.2) is 42.8 Å². The van der Waals surface area contributed by atoms with E-state index in [2.05, 4.69) is 21.1 Å². The van der Waals surface area contributed by atoms with Crippen LogP contribution in [0.25, 0.3) is 6.08 Å². The Kier molecular flexibility index (Phi) is 9.30. The van der Waals surface area contributed by atoms with Crippen molar-refractivity contribution < 1.29 is 19.2 Å². The number of pyridine rings is 1. The number of ether oxygens (including phenoxy) is 1. The van der Waals surface area contributed by atoms with Crippen LogP contribution in [0.5, 0.6) is 0 Å². The van der Waals surface area contributed by atoms with Crippen LogP contribution in [0.2, 0.25) is 10.0 Å². The van der Waals surface area contributed by atoms with Gasteiger partial charge in [0, 0.05) is 49.0 Å². The molecule has 1 atom stereocenters. The van der Waals surface area contributed by atoms with Crippen molar-refractivity contribution in [2.75, 3.05) is 25.0 Å². The van der Waals surface area contributed by atoms with Crippen LogP contribution in [0, 0.1) is 0 Å². The first-order valence-corrected chi connectivity index (χ1v) is 11.0. The molecule has 170 valence electrons. The van der Waals surface area contributed by atoms with Gasteiger partial charge in [0.1, 0.15) is 5.82 Å². The van der Waals surface area contributed by atoms with E-state index in [-0.39, 0.29) is 5.91 Å². The lowest BCUT2D eigenvalue weighted by molar-refractivity contribution is -0.198. The van der Waals surface area contributed by atoms with Gasteiger partial charge in [-0.25, -0.2) is 15.3 Å². The van der Waals surface area contributed by atoms with E-state index in [0.29, 0.717) is 46.7 Å². The van der Waals surface area contributed by atoms with Crippen LogP contribution in [0.1, 0.15) is 35.2 Å². The van der Waals surface area contributed by atoms with Gasteiger partial charge in [-0.05, 0) is 54.8 Å². The van der Waals surface area contributed by atoms with Gasteiger partial charge in [-0.2, -0.15) is 0 Å². The van der Waals surface area contributed by atoms with Crippen molar-refractivity contribution in [3.63, 3.8) is 0 Å². The molecule has 1 saturated heterocycles. The number of hydrogen-bond donors (Lipinski definition) is 3. The number of carbonyl (C=O) groups excluding carboxylic acids is 2. The highest BCUT2D eigenvalue weighted by molar-refractivity contribution is 6.33. The molecule has 1 aliphatic rings. The summed E-state index contributed by atoms with van der Waals surface area (Å²) in [4.78, 5) is 33.4. The number of hydrogen-bond acceptors (Lipinski definition) is 6. The molecule has 10 heteroatoms. The van der Waals surface area contributed by atoms with E-state index in [1.54, 1.807) is 42.6 Å². The number of nitrogens with zero attached hydrogens (tertiary/aromatic N) is 1. The summed E-state index contributed by atoms with van der Waals surface area (Å²) in [7, 11) is 0. The fraction of sp³-hybridized carbons (Fsp3) is 0.318. The molecule has 2 amide bonds. The highest BCUT2D eigenvalue weighted by Crippen LogP contribution is 2.20. The van der Waals surface area contributed by atoms with E-state index < -0.39 is 12.2 Å². The zero-order valence-corrected chi connectivity index (χ0v) is 18.8. The van der Waals surface area contributed by atoms with Crippen LogP contribution in [0.4, 0.5) is 5.82 Å². The molecule has 1 aromatic heterocycles. The molecule has 1 aliphatic heterocycles. The zero-order chi connectivity index (χ0) is 22.8. The minimum absolute atomic E-state index is 0.194. The Morgan fingerprint density at radius 1 is 1.19 bits per heavy atom. The Balaban J connectivity index is 1.40. The van der Waals surface area contributed by atoms with Gasteiger partial charge in [-0.15, -0.1) is 0 Å². The Morgan fingerprint density at radius 3 is 2.72 bits per heavy atom. The summed E-state index contributed by atoms with van der Waals surface area (Å²) in [6.45, 7) is 1.45. The van der Waals surface area contributed by atoms with Crippen molar-refractivity contribution in [1.29, 1.82) is 0 Å². The average molecular weight is 479 g/mol. The van der Waals surface area contributed by atoms with Gasteiger partial charge in [0.05, 0.1) is 5.02 Å². The van der Waals surface area contributed by atoms with Gasteiger partial charge in [-0.1, -0.05) is 23.2 Å². The maximum atomic E-state index is 12.1. The molecule has 0 bridgehead atoms. The quantitative estimate of drug-likeness (QED) is 0.287.